The van der Waals surface area contributed by atoms with Crippen molar-refractivity contribution in [2.45, 2.75) is 0 Å². The van der Waals surface area contributed by atoms with Crippen LogP contribution in [0.3, 0.4) is 0 Å². The summed E-state index contributed by atoms with van der Waals surface area (Å²) in [4.78, 5) is 49.4. The molecule has 1 heterocycles. The van der Waals surface area contributed by atoms with E-state index < -0.39 is 22.7 Å². The number of ether oxygens (including phenoxy) is 3. The number of hydrogen-bond donors (Lipinski definition) is 2. The third kappa shape index (κ3) is 7.08. The van der Waals surface area contributed by atoms with Gasteiger partial charge in [0.2, 0.25) is 6.79 Å². The van der Waals surface area contributed by atoms with E-state index in [9.17, 15) is 24.5 Å². The van der Waals surface area contributed by atoms with E-state index in [-0.39, 0.29) is 35.1 Å². The zero-order valence-electron chi connectivity index (χ0n) is 22.3. The molecule has 4 aromatic carbocycles. The fourth-order valence-electron chi connectivity index (χ4n) is 3.91. The third-order valence-corrected chi connectivity index (χ3v) is 6.02. The van der Waals surface area contributed by atoms with Crippen LogP contribution < -0.4 is 25.0 Å². The lowest BCUT2D eigenvalue weighted by molar-refractivity contribution is -0.384. The normalized spacial score (nSPS) is 12.0. The van der Waals surface area contributed by atoms with Gasteiger partial charge in [0.05, 0.1) is 16.7 Å². The SMILES string of the molecule is O=C(N/N=C/c1cc([N+](=O)[O-])ccc1OC(=O)c1ccccc1)/C(=C/c1ccc2c(c1)OCO2)NC(=O)c1ccccc1. The van der Waals surface area contributed by atoms with E-state index in [1.807, 2.05) is 0 Å². The number of nitrogens with one attached hydrogen (secondary N) is 2. The van der Waals surface area contributed by atoms with Gasteiger partial charge >= 0.3 is 5.97 Å². The van der Waals surface area contributed by atoms with E-state index in [0.29, 0.717) is 22.6 Å². The van der Waals surface area contributed by atoms with Crippen molar-refractivity contribution < 1.29 is 33.5 Å². The Bertz CT molecular complexity index is 1750. The number of fused-ring (bicyclic) bond motifs is 1. The lowest BCUT2D eigenvalue weighted by Crippen LogP contribution is -2.32. The van der Waals surface area contributed by atoms with Crippen molar-refractivity contribution in [1.82, 2.24) is 10.7 Å². The summed E-state index contributed by atoms with van der Waals surface area (Å²) in [6.07, 6.45) is 2.52. The summed E-state index contributed by atoms with van der Waals surface area (Å²) >= 11 is 0. The summed E-state index contributed by atoms with van der Waals surface area (Å²) in [6.45, 7) is 0.0651. The van der Waals surface area contributed by atoms with E-state index in [4.69, 9.17) is 14.2 Å². The minimum Gasteiger partial charge on any atom is -0.454 e. The number of benzene rings is 4. The molecule has 0 aliphatic carbocycles. The first kappa shape index (κ1) is 28.2. The van der Waals surface area contributed by atoms with Gasteiger partial charge in [0.1, 0.15) is 11.4 Å². The van der Waals surface area contributed by atoms with E-state index >= 15 is 0 Å². The zero-order valence-corrected chi connectivity index (χ0v) is 22.3. The van der Waals surface area contributed by atoms with Crippen molar-refractivity contribution >= 4 is 35.8 Å². The number of amides is 2. The van der Waals surface area contributed by atoms with E-state index in [1.165, 1.54) is 18.2 Å². The van der Waals surface area contributed by atoms with Crippen molar-refractivity contribution in [2.75, 3.05) is 6.79 Å². The predicted molar refractivity (Wildman–Crippen MR) is 155 cm³/mol. The molecule has 5 rings (SSSR count). The maximum atomic E-state index is 13.2. The predicted octanol–water partition coefficient (Wildman–Crippen LogP) is 4.46. The minimum atomic E-state index is -0.800. The van der Waals surface area contributed by atoms with Crippen molar-refractivity contribution in [3.8, 4) is 17.2 Å². The molecule has 0 fully saturated rings. The number of esters is 1. The summed E-state index contributed by atoms with van der Waals surface area (Å²) in [6, 6.07) is 25.0. The molecule has 0 atom stereocenters. The number of hydrogen-bond acceptors (Lipinski definition) is 9. The molecule has 0 spiro atoms. The molecule has 0 saturated heterocycles. The molecule has 0 saturated carbocycles. The second-order valence-electron chi connectivity index (χ2n) is 8.92. The second-order valence-corrected chi connectivity index (χ2v) is 8.92. The average Bonchev–Trinajstić information content (AvgIpc) is 3.50. The van der Waals surface area contributed by atoms with Gasteiger partial charge < -0.3 is 19.5 Å². The Balaban J connectivity index is 1.39. The molecule has 12 nitrogen and oxygen atoms in total. The van der Waals surface area contributed by atoms with Crippen LogP contribution in [0.15, 0.2) is 108 Å². The molecule has 1 aliphatic heterocycles. The van der Waals surface area contributed by atoms with Crippen LogP contribution in [-0.2, 0) is 4.79 Å². The molecular formula is C31H22N4O8. The lowest BCUT2D eigenvalue weighted by atomic mass is 10.1. The Morgan fingerprint density at radius 2 is 1.56 bits per heavy atom. The highest BCUT2D eigenvalue weighted by molar-refractivity contribution is 6.05. The molecule has 4 aromatic rings. The standard InChI is InChI=1S/C31H22N4O8/c36-29(21-7-3-1-4-8-21)33-25(15-20-11-13-27-28(16-20)42-19-41-27)30(37)34-32-18-23-17-24(35(39)40)12-14-26(23)43-31(38)22-9-5-2-6-10-22/h1-18H,19H2,(H,33,36)(H,34,37)/b25-15-,32-18+. The van der Waals surface area contributed by atoms with Crippen LogP contribution in [0.2, 0.25) is 0 Å². The number of nitrogens with zero attached hydrogens (tertiary/aromatic N) is 2. The Morgan fingerprint density at radius 3 is 2.28 bits per heavy atom. The van der Waals surface area contributed by atoms with Crippen LogP contribution in [0.25, 0.3) is 6.08 Å². The number of nitro groups is 1. The molecule has 1 aliphatic rings. The van der Waals surface area contributed by atoms with Crippen molar-refractivity contribution in [3.05, 3.63) is 135 Å². The molecule has 43 heavy (non-hydrogen) atoms. The molecular weight excluding hydrogens is 556 g/mol. The molecule has 0 unspecified atom stereocenters. The Hall–Kier alpha value is -6.30. The van der Waals surface area contributed by atoms with Gasteiger partial charge in [0, 0.05) is 23.3 Å². The monoisotopic (exact) mass is 578 g/mol. The van der Waals surface area contributed by atoms with Gasteiger partial charge in [-0.1, -0.05) is 42.5 Å². The summed E-state index contributed by atoms with van der Waals surface area (Å²) in [5.74, 6) is -1.03. The highest BCUT2D eigenvalue weighted by Gasteiger charge is 2.18. The van der Waals surface area contributed by atoms with Gasteiger partial charge in [-0.15, -0.1) is 0 Å². The first-order chi connectivity index (χ1) is 20.9. The molecule has 0 bridgehead atoms. The Labute approximate surface area is 244 Å². The fourth-order valence-corrected chi connectivity index (χ4v) is 3.91. The Kier molecular flexibility index (Phi) is 8.48. The van der Waals surface area contributed by atoms with Crippen LogP contribution in [0, 0.1) is 10.1 Å². The number of non-ortho nitro benzene ring substituents is 1. The number of carbonyl (C=O) groups excluding carboxylic acids is 3. The van der Waals surface area contributed by atoms with E-state index in [1.54, 1.807) is 78.9 Å². The molecule has 0 aromatic heterocycles. The molecule has 12 heteroatoms. The summed E-state index contributed by atoms with van der Waals surface area (Å²) in [7, 11) is 0. The average molecular weight is 579 g/mol. The van der Waals surface area contributed by atoms with Crippen LogP contribution in [0.4, 0.5) is 5.69 Å². The minimum absolute atomic E-state index is 0.0223. The molecule has 0 radical (unpaired) electrons. The zero-order chi connectivity index (χ0) is 30.2. The number of nitro benzene ring substituents is 1. The second kappa shape index (κ2) is 12.9. The lowest BCUT2D eigenvalue weighted by Gasteiger charge is -2.10. The van der Waals surface area contributed by atoms with Gasteiger partial charge in [-0.25, -0.2) is 10.2 Å². The first-order valence-electron chi connectivity index (χ1n) is 12.7. The number of rotatable bonds is 9. The van der Waals surface area contributed by atoms with Crippen LogP contribution in [0.5, 0.6) is 17.2 Å². The molecule has 2 amide bonds. The summed E-state index contributed by atoms with van der Waals surface area (Å²) in [5, 5.41) is 17.9. The van der Waals surface area contributed by atoms with Gasteiger partial charge in [-0.05, 0) is 54.1 Å². The smallest absolute Gasteiger partial charge is 0.343 e. The van der Waals surface area contributed by atoms with E-state index in [2.05, 4.69) is 15.8 Å². The summed E-state index contributed by atoms with van der Waals surface area (Å²) in [5.41, 5.74) is 3.03. The number of carbonyl (C=O) groups is 3. The van der Waals surface area contributed by atoms with Crippen molar-refractivity contribution in [1.29, 1.82) is 0 Å². The maximum Gasteiger partial charge on any atom is 0.343 e. The third-order valence-electron chi connectivity index (χ3n) is 6.02. The van der Waals surface area contributed by atoms with Crippen LogP contribution >= 0.6 is 0 Å². The van der Waals surface area contributed by atoms with Gasteiger partial charge in [0.25, 0.3) is 17.5 Å². The molecule has 2 N–H and O–H groups in total. The van der Waals surface area contributed by atoms with Crippen LogP contribution in [0.1, 0.15) is 31.8 Å². The van der Waals surface area contributed by atoms with Gasteiger partial charge in [-0.3, -0.25) is 19.7 Å². The largest absolute Gasteiger partial charge is 0.454 e. The summed E-state index contributed by atoms with van der Waals surface area (Å²) < 4.78 is 16.1. The van der Waals surface area contributed by atoms with Gasteiger partial charge in [0.15, 0.2) is 11.5 Å². The Morgan fingerprint density at radius 1 is 0.860 bits per heavy atom. The molecule has 214 valence electrons. The first-order valence-corrected chi connectivity index (χ1v) is 12.7. The van der Waals surface area contributed by atoms with Crippen LogP contribution in [-0.4, -0.2) is 35.7 Å². The maximum absolute atomic E-state index is 13.2. The highest BCUT2D eigenvalue weighted by atomic mass is 16.7. The van der Waals surface area contributed by atoms with Crippen molar-refractivity contribution in [3.63, 3.8) is 0 Å². The van der Waals surface area contributed by atoms with Gasteiger partial charge in [-0.2, -0.15) is 5.10 Å². The quantitative estimate of drug-likeness (QED) is 0.0736. The number of hydrazone groups is 1. The van der Waals surface area contributed by atoms with Crippen molar-refractivity contribution in [2.24, 2.45) is 5.10 Å². The fraction of sp³-hybridized carbons (Fsp3) is 0.0323. The highest BCUT2D eigenvalue weighted by Crippen LogP contribution is 2.33. The van der Waals surface area contributed by atoms with E-state index in [0.717, 1.165) is 12.3 Å². The topological polar surface area (TPSA) is 158 Å².